The quantitative estimate of drug-likeness (QED) is 0.382. The predicted octanol–water partition coefficient (Wildman–Crippen LogP) is 4.59. The Bertz CT molecular complexity index is 1460. The molecule has 1 unspecified atom stereocenters. The summed E-state index contributed by atoms with van der Waals surface area (Å²) in [6, 6.07) is 11.6. The molecule has 0 aliphatic rings. The van der Waals surface area contributed by atoms with Crippen molar-refractivity contribution in [3.8, 4) is 22.8 Å². The maximum absolute atomic E-state index is 13.6. The van der Waals surface area contributed by atoms with Crippen molar-refractivity contribution in [2.24, 2.45) is 0 Å². The number of carbonyl (C=O) groups is 1. The van der Waals surface area contributed by atoms with Crippen LogP contribution in [-0.2, 0) is 0 Å². The average molecular weight is 457 g/mol. The van der Waals surface area contributed by atoms with Crippen molar-refractivity contribution < 1.29 is 13.7 Å². The highest BCUT2D eigenvalue weighted by molar-refractivity contribution is 5.93. The number of rotatable bonds is 6. The summed E-state index contributed by atoms with van der Waals surface area (Å²) in [5, 5.41) is 6.92. The largest absolute Gasteiger partial charge is 0.358 e. The second-order valence-corrected chi connectivity index (χ2v) is 7.81. The van der Waals surface area contributed by atoms with Crippen LogP contribution in [0.3, 0.4) is 0 Å². The van der Waals surface area contributed by atoms with Crippen LogP contribution in [-0.4, -0.2) is 36.0 Å². The highest BCUT2D eigenvalue weighted by Crippen LogP contribution is 2.26. The molecule has 34 heavy (non-hydrogen) atoms. The lowest BCUT2D eigenvalue weighted by atomic mass is 10.1. The zero-order chi connectivity index (χ0) is 23.7. The Balaban J connectivity index is 1.32. The third-order valence-corrected chi connectivity index (χ3v) is 5.39. The summed E-state index contributed by atoms with van der Waals surface area (Å²) < 4.78 is 19.1. The van der Waals surface area contributed by atoms with E-state index in [0.29, 0.717) is 39.6 Å². The van der Waals surface area contributed by atoms with Crippen LogP contribution in [0.4, 0.5) is 4.39 Å². The number of hydrogen-bond donors (Lipinski definition) is 2. The Morgan fingerprint density at radius 3 is 2.68 bits per heavy atom. The summed E-state index contributed by atoms with van der Waals surface area (Å²) in [4.78, 5) is 32.7. The van der Waals surface area contributed by atoms with E-state index in [-0.39, 0.29) is 11.6 Å². The molecule has 10 heteroatoms. The molecule has 0 spiro atoms. The fourth-order valence-electron chi connectivity index (χ4n) is 3.50. The van der Waals surface area contributed by atoms with Crippen molar-refractivity contribution >= 4 is 16.9 Å². The van der Waals surface area contributed by atoms with E-state index in [2.05, 4.69) is 35.4 Å². The van der Waals surface area contributed by atoms with Gasteiger partial charge in [-0.3, -0.25) is 9.78 Å². The molecule has 1 aromatic carbocycles. The van der Waals surface area contributed by atoms with Crippen molar-refractivity contribution in [3.63, 3.8) is 0 Å². The number of imidazole rings is 1. The zero-order valence-electron chi connectivity index (χ0n) is 18.4. The zero-order valence-corrected chi connectivity index (χ0v) is 18.4. The molecule has 0 fully saturated rings. The van der Waals surface area contributed by atoms with E-state index in [1.54, 1.807) is 61.8 Å². The number of H-pyrrole nitrogens is 1. The van der Waals surface area contributed by atoms with Crippen molar-refractivity contribution in [2.45, 2.75) is 26.1 Å². The molecule has 0 saturated carbocycles. The summed E-state index contributed by atoms with van der Waals surface area (Å²) in [5.74, 6) is 0.565. The monoisotopic (exact) mass is 457 g/mol. The lowest BCUT2D eigenvalue weighted by Gasteiger charge is -2.10. The van der Waals surface area contributed by atoms with Crippen molar-refractivity contribution in [1.29, 1.82) is 0 Å². The number of benzene rings is 1. The standard InChI is InChI=1S/C24H20FN7O2/c1-13(25)16-3-4-17-19(9-16)31-23(30-17)20-11-22(34-32-20)14(2)29-24(33)21-10-18(27-12-28-21)15-5-7-26-8-6-15/h3-14H,1-2H3,(H,29,33)(H,30,31)/t13?,14-/m0/s1. The number of amides is 1. The van der Waals surface area contributed by atoms with E-state index in [1.807, 2.05) is 0 Å². The van der Waals surface area contributed by atoms with Gasteiger partial charge < -0.3 is 14.8 Å². The second-order valence-electron chi connectivity index (χ2n) is 7.81. The Morgan fingerprint density at radius 1 is 1.06 bits per heavy atom. The van der Waals surface area contributed by atoms with Crippen molar-refractivity contribution in [3.05, 3.63) is 78.2 Å². The molecular formula is C24H20FN7O2. The first-order valence-corrected chi connectivity index (χ1v) is 10.6. The molecule has 0 bridgehead atoms. The maximum Gasteiger partial charge on any atom is 0.270 e. The van der Waals surface area contributed by atoms with E-state index in [9.17, 15) is 9.18 Å². The molecule has 2 atom stereocenters. The number of aromatic amines is 1. The number of carbonyl (C=O) groups excluding carboxylic acids is 1. The molecule has 4 aromatic heterocycles. The van der Waals surface area contributed by atoms with Gasteiger partial charge in [0.25, 0.3) is 5.91 Å². The fraction of sp³-hybridized carbons (Fsp3) is 0.167. The number of pyridine rings is 1. The van der Waals surface area contributed by atoms with E-state index in [4.69, 9.17) is 4.52 Å². The van der Waals surface area contributed by atoms with E-state index in [1.165, 1.54) is 13.3 Å². The van der Waals surface area contributed by atoms with E-state index < -0.39 is 12.2 Å². The van der Waals surface area contributed by atoms with Gasteiger partial charge in [-0.1, -0.05) is 11.2 Å². The van der Waals surface area contributed by atoms with Crippen LogP contribution in [0.5, 0.6) is 0 Å². The topological polar surface area (TPSA) is 122 Å². The highest BCUT2D eigenvalue weighted by atomic mass is 19.1. The smallest absolute Gasteiger partial charge is 0.270 e. The molecule has 2 N–H and O–H groups in total. The Kier molecular flexibility index (Phi) is 5.54. The van der Waals surface area contributed by atoms with E-state index in [0.717, 1.165) is 5.56 Å². The minimum atomic E-state index is -1.07. The summed E-state index contributed by atoms with van der Waals surface area (Å²) in [6.45, 7) is 3.26. The molecule has 9 nitrogen and oxygen atoms in total. The maximum atomic E-state index is 13.6. The van der Waals surface area contributed by atoms with Gasteiger partial charge in [0.2, 0.25) is 0 Å². The first-order chi connectivity index (χ1) is 16.5. The average Bonchev–Trinajstić information content (AvgIpc) is 3.51. The van der Waals surface area contributed by atoms with Crippen LogP contribution in [0, 0.1) is 0 Å². The van der Waals surface area contributed by atoms with Gasteiger partial charge in [0, 0.05) is 24.0 Å². The molecule has 0 aliphatic carbocycles. The van der Waals surface area contributed by atoms with Crippen LogP contribution in [0.2, 0.25) is 0 Å². The molecule has 1 amide bonds. The summed E-state index contributed by atoms with van der Waals surface area (Å²) in [5.41, 5.74) is 4.12. The third kappa shape index (κ3) is 4.25. The molecule has 170 valence electrons. The summed E-state index contributed by atoms with van der Waals surface area (Å²) >= 11 is 0. The molecule has 5 rings (SSSR count). The Hall–Kier alpha value is -4.47. The van der Waals surface area contributed by atoms with Gasteiger partial charge >= 0.3 is 0 Å². The highest BCUT2D eigenvalue weighted by Gasteiger charge is 2.19. The van der Waals surface area contributed by atoms with E-state index >= 15 is 0 Å². The Morgan fingerprint density at radius 2 is 1.88 bits per heavy atom. The van der Waals surface area contributed by atoms with Crippen LogP contribution >= 0.6 is 0 Å². The predicted molar refractivity (Wildman–Crippen MR) is 122 cm³/mol. The molecule has 5 aromatic rings. The van der Waals surface area contributed by atoms with Gasteiger partial charge in [0.05, 0.1) is 22.8 Å². The van der Waals surface area contributed by atoms with Gasteiger partial charge in [-0.25, -0.2) is 19.3 Å². The Labute approximate surface area is 193 Å². The molecule has 0 saturated heterocycles. The first-order valence-electron chi connectivity index (χ1n) is 10.6. The first kappa shape index (κ1) is 21.4. The van der Waals surface area contributed by atoms with Crippen LogP contribution in [0.15, 0.2) is 65.7 Å². The molecule has 0 radical (unpaired) electrons. The SMILES string of the molecule is CC(F)c1ccc2nc(-c3cc([C@H](C)NC(=O)c4cc(-c5ccncc5)ncn4)on3)[nH]c2c1. The number of nitrogens with one attached hydrogen (secondary N) is 2. The minimum absolute atomic E-state index is 0.226. The van der Waals surface area contributed by atoms with Crippen LogP contribution in [0.25, 0.3) is 33.8 Å². The van der Waals surface area contributed by atoms with Crippen LogP contribution < -0.4 is 5.32 Å². The second kappa shape index (κ2) is 8.81. The van der Waals surface area contributed by atoms with Gasteiger partial charge in [0.15, 0.2) is 11.6 Å². The third-order valence-electron chi connectivity index (χ3n) is 5.39. The van der Waals surface area contributed by atoms with Crippen LogP contribution in [0.1, 0.15) is 47.9 Å². The van der Waals surface area contributed by atoms with Gasteiger partial charge in [-0.15, -0.1) is 0 Å². The number of nitrogens with zero attached hydrogens (tertiary/aromatic N) is 5. The summed E-state index contributed by atoms with van der Waals surface area (Å²) in [7, 11) is 0. The summed E-state index contributed by atoms with van der Waals surface area (Å²) in [6.07, 6.45) is 3.58. The number of aromatic nitrogens is 6. The lowest BCUT2D eigenvalue weighted by molar-refractivity contribution is 0.0928. The van der Waals surface area contributed by atoms with Crippen molar-refractivity contribution in [1.82, 2.24) is 35.4 Å². The number of halogens is 1. The van der Waals surface area contributed by atoms with Crippen molar-refractivity contribution in [2.75, 3.05) is 0 Å². The molecular weight excluding hydrogens is 437 g/mol. The van der Waals surface area contributed by atoms with Gasteiger partial charge in [0.1, 0.15) is 23.9 Å². The lowest BCUT2D eigenvalue weighted by Crippen LogP contribution is -2.27. The number of alkyl halides is 1. The fourth-order valence-corrected chi connectivity index (χ4v) is 3.50. The number of fused-ring (bicyclic) bond motifs is 1. The molecule has 0 aliphatic heterocycles. The number of hydrogen-bond acceptors (Lipinski definition) is 7. The minimum Gasteiger partial charge on any atom is -0.358 e. The van der Waals surface area contributed by atoms with Gasteiger partial charge in [-0.05, 0) is 49.7 Å². The molecule has 4 heterocycles. The normalized spacial score (nSPS) is 13.0. The van der Waals surface area contributed by atoms with Gasteiger partial charge in [-0.2, -0.15) is 0 Å².